The normalized spacial score (nSPS) is 12.1. The number of rotatable bonds is 7. The van der Waals surface area contributed by atoms with Gasteiger partial charge in [0.25, 0.3) is 0 Å². The van der Waals surface area contributed by atoms with E-state index in [4.69, 9.17) is 4.74 Å². The number of hydrogen-bond acceptors (Lipinski definition) is 3. The Balaban J connectivity index is 2.55. The zero-order chi connectivity index (χ0) is 13.8. The maximum absolute atomic E-state index is 5.81. The SMILES string of the molecule is CNCc1nc(C)c(C)n1COCC[Si](C)(C)C. The summed E-state index contributed by atoms with van der Waals surface area (Å²) in [5.74, 6) is 1.06. The highest BCUT2D eigenvalue weighted by Crippen LogP contribution is 2.12. The van der Waals surface area contributed by atoms with Crippen molar-refractivity contribution in [3.8, 4) is 0 Å². The monoisotopic (exact) mass is 269 g/mol. The van der Waals surface area contributed by atoms with Crippen LogP contribution in [0.25, 0.3) is 0 Å². The van der Waals surface area contributed by atoms with E-state index in [2.05, 4.69) is 41.4 Å². The number of imidazole rings is 1. The summed E-state index contributed by atoms with van der Waals surface area (Å²) in [5, 5.41) is 3.15. The molecule has 0 aromatic carbocycles. The minimum Gasteiger partial charge on any atom is -0.361 e. The predicted molar refractivity (Wildman–Crippen MR) is 78.6 cm³/mol. The van der Waals surface area contributed by atoms with Crippen LogP contribution in [0.4, 0.5) is 0 Å². The van der Waals surface area contributed by atoms with Gasteiger partial charge in [0.1, 0.15) is 12.6 Å². The molecule has 1 aromatic rings. The second kappa shape index (κ2) is 6.50. The first-order chi connectivity index (χ1) is 8.35. The first-order valence-electron chi connectivity index (χ1n) is 6.60. The summed E-state index contributed by atoms with van der Waals surface area (Å²) in [6.45, 7) is 13.5. The third kappa shape index (κ3) is 4.55. The van der Waals surface area contributed by atoms with Gasteiger partial charge in [-0.15, -0.1) is 0 Å². The average molecular weight is 269 g/mol. The second-order valence-electron chi connectivity index (χ2n) is 6.01. The summed E-state index contributed by atoms with van der Waals surface area (Å²) >= 11 is 0. The fourth-order valence-corrected chi connectivity index (χ4v) is 2.48. The molecule has 0 aliphatic rings. The summed E-state index contributed by atoms with van der Waals surface area (Å²) in [6.07, 6.45) is 0. The third-order valence-corrected chi connectivity index (χ3v) is 4.79. The standard InChI is InChI=1S/C13H27N3OSi/c1-11-12(2)16(13(15-11)9-14-3)10-17-7-8-18(4,5)6/h14H,7-10H2,1-6H3. The smallest absolute Gasteiger partial charge is 0.125 e. The van der Waals surface area contributed by atoms with Crippen molar-refractivity contribution in [3.05, 3.63) is 17.2 Å². The highest BCUT2D eigenvalue weighted by atomic mass is 28.3. The number of nitrogens with zero attached hydrogens (tertiary/aromatic N) is 2. The molecule has 1 aromatic heterocycles. The zero-order valence-corrected chi connectivity index (χ0v) is 13.6. The molecule has 4 nitrogen and oxygen atoms in total. The molecule has 0 amide bonds. The van der Waals surface area contributed by atoms with Crippen LogP contribution >= 0.6 is 0 Å². The highest BCUT2D eigenvalue weighted by Gasteiger charge is 2.13. The number of nitrogens with one attached hydrogen (secondary N) is 1. The molecule has 0 atom stereocenters. The molecule has 1 N–H and O–H groups in total. The minimum absolute atomic E-state index is 0.619. The van der Waals surface area contributed by atoms with Crippen molar-refractivity contribution in [2.45, 2.75) is 52.8 Å². The van der Waals surface area contributed by atoms with Crippen LogP contribution in [-0.4, -0.2) is 31.3 Å². The van der Waals surface area contributed by atoms with Gasteiger partial charge in [-0.2, -0.15) is 0 Å². The van der Waals surface area contributed by atoms with E-state index in [1.165, 1.54) is 11.7 Å². The molecule has 0 fully saturated rings. The maximum Gasteiger partial charge on any atom is 0.125 e. The Kier molecular flexibility index (Phi) is 5.56. The fourth-order valence-electron chi connectivity index (χ4n) is 1.72. The van der Waals surface area contributed by atoms with Gasteiger partial charge in [-0.05, 0) is 26.9 Å². The summed E-state index contributed by atoms with van der Waals surface area (Å²) < 4.78 is 7.97. The number of hydrogen-bond donors (Lipinski definition) is 1. The van der Waals surface area contributed by atoms with Gasteiger partial charge < -0.3 is 14.6 Å². The van der Waals surface area contributed by atoms with Gasteiger partial charge in [0, 0.05) is 20.4 Å². The topological polar surface area (TPSA) is 39.1 Å². The van der Waals surface area contributed by atoms with Crippen molar-refractivity contribution in [1.29, 1.82) is 0 Å². The van der Waals surface area contributed by atoms with Crippen molar-refractivity contribution in [3.63, 3.8) is 0 Å². The number of ether oxygens (including phenoxy) is 1. The molecule has 0 radical (unpaired) electrons. The van der Waals surface area contributed by atoms with E-state index < -0.39 is 8.07 Å². The molecule has 0 spiro atoms. The first-order valence-corrected chi connectivity index (χ1v) is 10.3. The van der Waals surface area contributed by atoms with Gasteiger partial charge in [0.2, 0.25) is 0 Å². The molecule has 0 bridgehead atoms. The number of aromatic nitrogens is 2. The summed E-state index contributed by atoms with van der Waals surface area (Å²) in [6, 6.07) is 1.21. The fraction of sp³-hybridized carbons (Fsp3) is 0.769. The van der Waals surface area contributed by atoms with Crippen molar-refractivity contribution in [2.75, 3.05) is 13.7 Å². The Labute approximate surface area is 112 Å². The largest absolute Gasteiger partial charge is 0.361 e. The van der Waals surface area contributed by atoms with Crippen molar-refractivity contribution < 1.29 is 4.74 Å². The molecule has 0 saturated heterocycles. The molecular weight excluding hydrogens is 242 g/mol. The van der Waals surface area contributed by atoms with Gasteiger partial charge in [-0.25, -0.2) is 4.98 Å². The van der Waals surface area contributed by atoms with Crippen molar-refractivity contribution in [1.82, 2.24) is 14.9 Å². The third-order valence-electron chi connectivity index (χ3n) is 3.09. The van der Waals surface area contributed by atoms with Crippen LogP contribution in [0, 0.1) is 13.8 Å². The van der Waals surface area contributed by atoms with Crippen molar-refractivity contribution >= 4 is 8.07 Å². The highest BCUT2D eigenvalue weighted by molar-refractivity contribution is 6.76. The van der Waals surface area contributed by atoms with Gasteiger partial charge in [0.15, 0.2) is 0 Å². The lowest BCUT2D eigenvalue weighted by Crippen LogP contribution is -2.22. The summed E-state index contributed by atoms with van der Waals surface area (Å²) in [4.78, 5) is 4.56. The van der Waals surface area contributed by atoms with Crippen LogP contribution in [0.15, 0.2) is 0 Å². The molecular formula is C13H27N3OSi. The Morgan fingerprint density at radius 1 is 1.28 bits per heavy atom. The molecule has 0 aliphatic heterocycles. The van der Waals surface area contributed by atoms with E-state index in [-0.39, 0.29) is 0 Å². The van der Waals surface area contributed by atoms with E-state index in [0.717, 1.165) is 24.7 Å². The lowest BCUT2D eigenvalue weighted by Gasteiger charge is -2.16. The molecule has 1 heterocycles. The Hall–Kier alpha value is -0.653. The molecule has 104 valence electrons. The summed E-state index contributed by atoms with van der Waals surface area (Å²) in [7, 11) is 0.945. The first kappa shape index (κ1) is 15.4. The number of aryl methyl sites for hydroxylation is 1. The Morgan fingerprint density at radius 3 is 2.50 bits per heavy atom. The molecule has 0 unspecified atom stereocenters. The van der Waals surface area contributed by atoms with Crippen LogP contribution in [0.5, 0.6) is 0 Å². The molecule has 1 rings (SSSR count). The van der Waals surface area contributed by atoms with E-state index in [1.54, 1.807) is 0 Å². The van der Waals surface area contributed by atoms with Crippen LogP contribution in [0.3, 0.4) is 0 Å². The Morgan fingerprint density at radius 2 is 1.94 bits per heavy atom. The maximum atomic E-state index is 5.81. The van der Waals surface area contributed by atoms with Crippen LogP contribution in [0.2, 0.25) is 25.7 Å². The predicted octanol–water partition coefficient (Wildman–Crippen LogP) is 2.53. The summed E-state index contributed by atoms with van der Waals surface area (Å²) in [5.41, 5.74) is 2.29. The minimum atomic E-state index is -0.995. The van der Waals surface area contributed by atoms with E-state index in [0.29, 0.717) is 6.73 Å². The van der Waals surface area contributed by atoms with E-state index >= 15 is 0 Å². The lowest BCUT2D eigenvalue weighted by molar-refractivity contribution is 0.0836. The zero-order valence-electron chi connectivity index (χ0n) is 12.6. The van der Waals surface area contributed by atoms with Crippen LogP contribution in [-0.2, 0) is 18.0 Å². The molecule has 5 heteroatoms. The quantitative estimate of drug-likeness (QED) is 0.611. The second-order valence-corrected chi connectivity index (χ2v) is 11.6. The van der Waals surface area contributed by atoms with Gasteiger partial charge >= 0.3 is 0 Å². The Bertz CT molecular complexity index is 382. The van der Waals surface area contributed by atoms with E-state index in [9.17, 15) is 0 Å². The lowest BCUT2D eigenvalue weighted by atomic mass is 10.4. The van der Waals surface area contributed by atoms with Gasteiger partial charge in [-0.3, -0.25) is 0 Å². The molecule has 18 heavy (non-hydrogen) atoms. The molecule has 0 aliphatic carbocycles. The van der Waals surface area contributed by atoms with Gasteiger partial charge in [0.05, 0.1) is 12.2 Å². The van der Waals surface area contributed by atoms with E-state index in [1.807, 2.05) is 14.0 Å². The average Bonchev–Trinajstić information content (AvgIpc) is 2.50. The van der Waals surface area contributed by atoms with Crippen LogP contribution in [0.1, 0.15) is 17.2 Å². The van der Waals surface area contributed by atoms with Gasteiger partial charge in [-0.1, -0.05) is 19.6 Å². The molecule has 0 saturated carbocycles. The van der Waals surface area contributed by atoms with Crippen LogP contribution < -0.4 is 5.32 Å². The van der Waals surface area contributed by atoms with Crippen molar-refractivity contribution in [2.24, 2.45) is 0 Å².